The van der Waals surface area contributed by atoms with Gasteiger partial charge >= 0.3 is 0 Å². The highest BCUT2D eigenvalue weighted by Gasteiger charge is 2.30. The van der Waals surface area contributed by atoms with E-state index < -0.39 is 11.4 Å². The maximum atomic E-state index is 13.8. The molecule has 5 heteroatoms. The lowest BCUT2D eigenvalue weighted by Crippen LogP contribution is -2.29. The number of anilines is 1. The van der Waals surface area contributed by atoms with E-state index in [2.05, 4.69) is 15.3 Å². The Labute approximate surface area is 108 Å². The molecule has 1 aromatic rings. The van der Waals surface area contributed by atoms with E-state index in [-0.39, 0.29) is 5.82 Å². The van der Waals surface area contributed by atoms with Crippen molar-refractivity contribution in [3.05, 3.63) is 17.3 Å². The zero-order chi connectivity index (χ0) is 13.8. The number of hydrogen-bond donors (Lipinski definition) is 1. The predicted molar refractivity (Wildman–Crippen MR) is 70.2 cm³/mol. The molecule has 0 spiro atoms. The Kier molecular flexibility index (Phi) is 5.02. The van der Waals surface area contributed by atoms with E-state index >= 15 is 0 Å². The summed E-state index contributed by atoms with van der Waals surface area (Å²) in [7, 11) is 0. The maximum Gasteiger partial charge on any atom is 0.186 e. The van der Waals surface area contributed by atoms with Gasteiger partial charge in [0.1, 0.15) is 5.60 Å². The molecule has 1 atom stereocenters. The van der Waals surface area contributed by atoms with Crippen LogP contribution in [-0.2, 0) is 10.3 Å². The minimum absolute atomic E-state index is 0.249. The molecule has 1 unspecified atom stereocenters. The van der Waals surface area contributed by atoms with Gasteiger partial charge in [0.15, 0.2) is 17.5 Å². The summed E-state index contributed by atoms with van der Waals surface area (Å²) >= 11 is 0. The quantitative estimate of drug-likeness (QED) is 0.848. The van der Waals surface area contributed by atoms with Crippen LogP contribution in [0.15, 0.2) is 0 Å². The monoisotopic (exact) mass is 255 g/mol. The topological polar surface area (TPSA) is 47.0 Å². The van der Waals surface area contributed by atoms with Gasteiger partial charge in [-0.2, -0.15) is 0 Å². The van der Waals surface area contributed by atoms with Gasteiger partial charge in [-0.3, -0.25) is 0 Å². The molecule has 0 radical (unpaired) electrons. The number of rotatable bonds is 6. The number of nitrogens with one attached hydrogen (secondary N) is 1. The van der Waals surface area contributed by atoms with Crippen LogP contribution in [0.2, 0.25) is 0 Å². The van der Waals surface area contributed by atoms with Crippen molar-refractivity contribution >= 4 is 5.82 Å². The van der Waals surface area contributed by atoms with Crippen molar-refractivity contribution in [1.29, 1.82) is 0 Å². The summed E-state index contributed by atoms with van der Waals surface area (Å²) < 4.78 is 19.5. The smallest absolute Gasteiger partial charge is 0.186 e. The standard InChI is InChI=1S/C13H22FN3O/c1-6-13(5,18-8-3)12-16-9(4)10(14)11(17-12)15-7-2/h6-8H2,1-5H3,(H,15,16,17). The first kappa shape index (κ1) is 14.8. The van der Waals surface area contributed by atoms with Crippen LogP contribution in [-0.4, -0.2) is 23.1 Å². The molecule has 0 aliphatic carbocycles. The van der Waals surface area contributed by atoms with Crippen molar-refractivity contribution in [1.82, 2.24) is 9.97 Å². The molecule has 0 aliphatic heterocycles. The summed E-state index contributed by atoms with van der Waals surface area (Å²) in [4.78, 5) is 8.49. The minimum Gasteiger partial charge on any atom is -0.368 e. The first-order valence-electron chi connectivity index (χ1n) is 6.40. The Balaban J connectivity index is 3.23. The largest absolute Gasteiger partial charge is 0.368 e. The Hall–Kier alpha value is -1.23. The molecule has 4 nitrogen and oxygen atoms in total. The Morgan fingerprint density at radius 3 is 2.44 bits per heavy atom. The second kappa shape index (κ2) is 6.09. The lowest BCUT2D eigenvalue weighted by molar-refractivity contribution is -0.0391. The third-order valence-corrected chi connectivity index (χ3v) is 2.97. The third kappa shape index (κ3) is 2.96. The van der Waals surface area contributed by atoms with Crippen LogP contribution in [0.1, 0.15) is 45.6 Å². The Morgan fingerprint density at radius 2 is 1.94 bits per heavy atom. The third-order valence-electron chi connectivity index (χ3n) is 2.97. The first-order chi connectivity index (χ1) is 8.48. The van der Waals surface area contributed by atoms with E-state index in [4.69, 9.17) is 4.74 Å². The number of nitrogens with zero attached hydrogens (tertiary/aromatic N) is 2. The first-order valence-corrected chi connectivity index (χ1v) is 6.40. The summed E-state index contributed by atoms with van der Waals surface area (Å²) in [5, 5.41) is 2.91. The molecule has 0 saturated carbocycles. The summed E-state index contributed by atoms with van der Waals surface area (Å²) in [6.45, 7) is 10.6. The molecule has 1 rings (SSSR count). The van der Waals surface area contributed by atoms with Gasteiger partial charge in [0.2, 0.25) is 0 Å². The molecule has 0 saturated heterocycles. The van der Waals surface area contributed by atoms with Crippen LogP contribution in [0.3, 0.4) is 0 Å². The highest BCUT2D eigenvalue weighted by atomic mass is 19.1. The minimum atomic E-state index is -0.572. The maximum absolute atomic E-state index is 13.8. The van der Waals surface area contributed by atoms with Crippen LogP contribution in [0.4, 0.5) is 10.2 Å². The van der Waals surface area contributed by atoms with Gasteiger partial charge < -0.3 is 10.1 Å². The average Bonchev–Trinajstić information content (AvgIpc) is 2.35. The normalized spacial score (nSPS) is 14.3. The zero-order valence-electron chi connectivity index (χ0n) is 11.8. The van der Waals surface area contributed by atoms with Gasteiger partial charge in [-0.05, 0) is 34.1 Å². The van der Waals surface area contributed by atoms with E-state index in [0.717, 1.165) is 6.42 Å². The second-order valence-electron chi connectivity index (χ2n) is 4.34. The molecule has 1 N–H and O–H groups in total. The van der Waals surface area contributed by atoms with Crippen molar-refractivity contribution in [2.45, 2.75) is 46.6 Å². The van der Waals surface area contributed by atoms with Gasteiger partial charge in [-0.25, -0.2) is 14.4 Å². The van der Waals surface area contributed by atoms with Gasteiger partial charge in [0.05, 0.1) is 5.69 Å². The Morgan fingerprint density at radius 1 is 1.28 bits per heavy atom. The number of hydrogen-bond acceptors (Lipinski definition) is 4. The SMILES string of the molecule is CCNc1nc(C(C)(CC)OCC)nc(C)c1F. The van der Waals surface area contributed by atoms with Gasteiger partial charge in [0, 0.05) is 13.2 Å². The van der Waals surface area contributed by atoms with Crippen molar-refractivity contribution in [3.63, 3.8) is 0 Å². The van der Waals surface area contributed by atoms with Crippen LogP contribution in [0.25, 0.3) is 0 Å². The molecule has 0 aliphatic rings. The predicted octanol–water partition coefficient (Wildman–Crippen LogP) is 3.02. The fourth-order valence-electron chi connectivity index (χ4n) is 1.72. The summed E-state index contributed by atoms with van der Waals surface area (Å²) in [6, 6.07) is 0. The van der Waals surface area contributed by atoms with Gasteiger partial charge in [0.25, 0.3) is 0 Å². The zero-order valence-corrected chi connectivity index (χ0v) is 11.8. The molecule has 102 valence electrons. The van der Waals surface area contributed by atoms with Crippen LogP contribution >= 0.6 is 0 Å². The molecular weight excluding hydrogens is 233 g/mol. The molecule has 1 aromatic heterocycles. The molecule has 0 aromatic carbocycles. The summed E-state index contributed by atoms with van der Waals surface area (Å²) in [6.07, 6.45) is 0.734. The average molecular weight is 255 g/mol. The summed E-state index contributed by atoms with van der Waals surface area (Å²) in [5.74, 6) is 0.386. The Bertz CT molecular complexity index is 411. The number of ether oxygens (including phenoxy) is 1. The van der Waals surface area contributed by atoms with E-state index in [1.165, 1.54) is 0 Å². The lowest BCUT2D eigenvalue weighted by Gasteiger charge is -2.27. The lowest BCUT2D eigenvalue weighted by atomic mass is 10.0. The van der Waals surface area contributed by atoms with Crippen LogP contribution < -0.4 is 5.32 Å². The van der Waals surface area contributed by atoms with Crippen molar-refractivity contribution in [2.75, 3.05) is 18.5 Å². The number of aromatic nitrogens is 2. The second-order valence-corrected chi connectivity index (χ2v) is 4.34. The fraction of sp³-hybridized carbons (Fsp3) is 0.692. The number of aryl methyl sites for hydroxylation is 1. The van der Waals surface area contributed by atoms with Gasteiger partial charge in [-0.15, -0.1) is 0 Å². The van der Waals surface area contributed by atoms with Gasteiger partial charge in [-0.1, -0.05) is 6.92 Å². The highest BCUT2D eigenvalue weighted by molar-refractivity contribution is 5.38. The van der Waals surface area contributed by atoms with Crippen LogP contribution in [0.5, 0.6) is 0 Å². The van der Waals surface area contributed by atoms with Crippen molar-refractivity contribution in [3.8, 4) is 0 Å². The van der Waals surface area contributed by atoms with Crippen molar-refractivity contribution in [2.24, 2.45) is 0 Å². The molecule has 18 heavy (non-hydrogen) atoms. The number of halogens is 1. The molecule has 0 bridgehead atoms. The van der Waals surface area contributed by atoms with E-state index in [0.29, 0.717) is 24.7 Å². The molecule has 0 amide bonds. The molecule has 0 fully saturated rings. The van der Waals surface area contributed by atoms with E-state index in [9.17, 15) is 4.39 Å². The van der Waals surface area contributed by atoms with E-state index in [1.807, 2.05) is 27.7 Å². The summed E-state index contributed by atoms with van der Waals surface area (Å²) in [5.41, 5.74) is -0.229. The fourth-order valence-corrected chi connectivity index (χ4v) is 1.72. The van der Waals surface area contributed by atoms with Crippen molar-refractivity contribution < 1.29 is 9.13 Å². The molecule has 1 heterocycles. The van der Waals surface area contributed by atoms with Crippen LogP contribution in [0, 0.1) is 12.7 Å². The molecular formula is C13H22FN3O. The van der Waals surface area contributed by atoms with E-state index in [1.54, 1.807) is 6.92 Å². The highest BCUT2D eigenvalue weighted by Crippen LogP contribution is 2.28.